The SMILES string of the molecule is NC(/C=C/c1ccc(C2CCCCC2)cc1)=NC(=O)c1c(F)cccc1F. The van der Waals surface area contributed by atoms with Crippen LogP contribution in [0.3, 0.4) is 0 Å². The van der Waals surface area contributed by atoms with Crippen LogP contribution >= 0.6 is 0 Å². The van der Waals surface area contributed by atoms with E-state index in [1.165, 1.54) is 49.8 Å². The van der Waals surface area contributed by atoms with Crippen molar-refractivity contribution in [3.8, 4) is 0 Å². The van der Waals surface area contributed by atoms with Gasteiger partial charge in [0.05, 0.1) is 0 Å². The third kappa shape index (κ3) is 4.88. The van der Waals surface area contributed by atoms with Gasteiger partial charge < -0.3 is 5.73 Å². The van der Waals surface area contributed by atoms with Gasteiger partial charge in [0.1, 0.15) is 23.0 Å². The average molecular weight is 368 g/mol. The Kier molecular flexibility index (Phi) is 6.12. The topological polar surface area (TPSA) is 55.4 Å². The standard InChI is InChI=1S/C22H22F2N2O/c23-18-7-4-8-19(24)21(18)22(27)26-20(25)14-11-15-9-12-17(13-10-15)16-5-2-1-3-6-16/h4,7-14,16H,1-3,5-6H2,(H2,25,26,27)/b14-11+. The van der Waals surface area contributed by atoms with E-state index in [9.17, 15) is 13.6 Å². The number of nitrogens with two attached hydrogens (primary N) is 1. The Morgan fingerprint density at radius 1 is 1.00 bits per heavy atom. The number of hydrogen-bond donors (Lipinski definition) is 1. The lowest BCUT2D eigenvalue weighted by Crippen LogP contribution is -2.13. The number of hydrogen-bond acceptors (Lipinski definition) is 1. The van der Waals surface area contributed by atoms with Crippen molar-refractivity contribution in [3.05, 3.63) is 76.9 Å². The summed E-state index contributed by atoms with van der Waals surface area (Å²) in [6.45, 7) is 0. The van der Waals surface area contributed by atoms with Crippen LogP contribution in [0.2, 0.25) is 0 Å². The summed E-state index contributed by atoms with van der Waals surface area (Å²) in [6.07, 6.45) is 9.55. The number of rotatable bonds is 4. The fourth-order valence-corrected chi connectivity index (χ4v) is 3.41. The molecule has 140 valence electrons. The minimum atomic E-state index is -1.04. The maximum absolute atomic E-state index is 13.6. The van der Waals surface area contributed by atoms with Gasteiger partial charge in [0, 0.05) is 0 Å². The van der Waals surface area contributed by atoms with E-state index >= 15 is 0 Å². The Morgan fingerprint density at radius 2 is 1.63 bits per heavy atom. The molecule has 2 N–H and O–H groups in total. The predicted octanol–water partition coefficient (Wildman–Crippen LogP) is 5.22. The second-order valence-corrected chi connectivity index (χ2v) is 6.77. The summed E-state index contributed by atoms with van der Waals surface area (Å²) in [5.41, 5.74) is 7.26. The first-order valence-electron chi connectivity index (χ1n) is 9.15. The average Bonchev–Trinajstić information content (AvgIpc) is 2.67. The highest BCUT2D eigenvalue weighted by molar-refractivity contribution is 6.07. The molecule has 0 aliphatic heterocycles. The molecule has 2 aromatic carbocycles. The highest BCUT2D eigenvalue weighted by atomic mass is 19.1. The molecule has 1 fully saturated rings. The minimum absolute atomic E-state index is 0.112. The lowest BCUT2D eigenvalue weighted by molar-refractivity contribution is 0.0995. The number of amidine groups is 1. The van der Waals surface area contributed by atoms with Crippen molar-refractivity contribution in [1.29, 1.82) is 0 Å². The van der Waals surface area contributed by atoms with Crippen molar-refractivity contribution in [2.24, 2.45) is 10.7 Å². The molecule has 0 aromatic heterocycles. The van der Waals surface area contributed by atoms with E-state index < -0.39 is 23.1 Å². The van der Waals surface area contributed by atoms with Crippen molar-refractivity contribution in [3.63, 3.8) is 0 Å². The van der Waals surface area contributed by atoms with Crippen molar-refractivity contribution in [2.75, 3.05) is 0 Å². The van der Waals surface area contributed by atoms with E-state index in [1.807, 2.05) is 12.1 Å². The normalized spacial score (nSPS) is 16.0. The van der Waals surface area contributed by atoms with Gasteiger partial charge in [-0.1, -0.05) is 55.7 Å². The summed E-state index contributed by atoms with van der Waals surface area (Å²) in [6, 6.07) is 11.4. The Bertz CT molecular complexity index is 846. The quantitative estimate of drug-likeness (QED) is 0.594. The Hall–Kier alpha value is -2.82. The summed E-state index contributed by atoms with van der Waals surface area (Å²) in [4.78, 5) is 15.5. The van der Waals surface area contributed by atoms with Gasteiger partial charge in [-0.15, -0.1) is 0 Å². The Balaban J connectivity index is 1.67. The van der Waals surface area contributed by atoms with Crippen LogP contribution in [-0.2, 0) is 0 Å². The molecule has 3 nitrogen and oxygen atoms in total. The fraction of sp³-hybridized carbons (Fsp3) is 0.273. The second-order valence-electron chi connectivity index (χ2n) is 6.77. The fourth-order valence-electron chi connectivity index (χ4n) is 3.41. The molecule has 0 bridgehead atoms. The molecule has 1 aliphatic rings. The third-order valence-electron chi connectivity index (χ3n) is 4.87. The molecule has 0 atom stereocenters. The zero-order valence-electron chi connectivity index (χ0n) is 15.0. The van der Waals surface area contributed by atoms with Crippen LogP contribution in [0.15, 0.2) is 53.5 Å². The molecule has 3 rings (SSSR count). The first-order chi connectivity index (χ1) is 13.0. The zero-order chi connectivity index (χ0) is 19.2. The number of amides is 1. The second kappa shape index (κ2) is 8.71. The maximum Gasteiger partial charge on any atom is 0.284 e. The van der Waals surface area contributed by atoms with Crippen molar-refractivity contribution >= 4 is 17.8 Å². The molecule has 2 aromatic rings. The number of benzene rings is 2. The lowest BCUT2D eigenvalue weighted by atomic mass is 9.84. The van der Waals surface area contributed by atoms with Gasteiger partial charge in [-0.3, -0.25) is 4.79 Å². The highest BCUT2D eigenvalue weighted by Crippen LogP contribution is 2.32. The monoisotopic (exact) mass is 368 g/mol. The predicted molar refractivity (Wildman–Crippen MR) is 104 cm³/mol. The Labute approximate surface area is 157 Å². The van der Waals surface area contributed by atoms with Crippen LogP contribution in [-0.4, -0.2) is 11.7 Å². The van der Waals surface area contributed by atoms with Gasteiger partial charge in [-0.05, 0) is 48.1 Å². The zero-order valence-corrected chi connectivity index (χ0v) is 15.0. The van der Waals surface area contributed by atoms with Gasteiger partial charge in [0.2, 0.25) is 0 Å². The molecule has 27 heavy (non-hydrogen) atoms. The van der Waals surface area contributed by atoms with E-state index in [4.69, 9.17) is 5.73 Å². The van der Waals surface area contributed by atoms with E-state index in [1.54, 1.807) is 6.08 Å². The highest BCUT2D eigenvalue weighted by Gasteiger charge is 2.16. The first kappa shape index (κ1) is 19.0. The number of carbonyl (C=O) groups excluding carboxylic acids is 1. The molecule has 0 heterocycles. The van der Waals surface area contributed by atoms with Gasteiger partial charge in [-0.25, -0.2) is 8.78 Å². The van der Waals surface area contributed by atoms with Crippen LogP contribution in [0.4, 0.5) is 8.78 Å². The summed E-state index contributed by atoms with van der Waals surface area (Å²) in [7, 11) is 0. The number of carbonyl (C=O) groups is 1. The van der Waals surface area contributed by atoms with E-state index in [-0.39, 0.29) is 5.84 Å². The lowest BCUT2D eigenvalue weighted by Gasteiger charge is -2.21. The van der Waals surface area contributed by atoms with Crippen LogP contribution in [0, 0.1) is 11.6 Å². The summed E-state index contributed by atoms with van der Waals surface area (Å²) in [5, 5.41) is 0. The number of halogens is 2. The molecular weight excluding hydrogens is 346 g/mol. The van der Waals surface area contributed by atoms with E-state index in [0.717, 1.165) is 17.7 Å². The Morgan fingerprint density at radius 3 is 2.26 bits per heavy atom. The van der Waals surface area contributed by atoms with Gasteiger partial charge >= 0.3 is 0 Å². The molecule has 0 spiro atoms. The molecule has 0 radical (unpaired) electrons. The van der Waals surface area contributed by atoms with Crippen LogP contribution in [0.5, 0.6) is 0 Å². The van der Waals surface area contributed by atoms with Crippen LogP contribution < -0.4 is 5.73 Å². The largest absolute Gasteiger partial charge is 0.384 e. The maximum atomic E-state index is 13.6. The molecule has 0 saturated heterocycles. The van der Waals surface area contributed by atoms with E-state index in [0.29, 0.717) is 5.92 Å². The molecule has 1 amide bonds. The molecule has 0 unspecified atom stereocenters. The molecule has 1 aliphatic carbocycles. The summed E-state index contributed by atoms with van der Waals surface area (Å²) < 4.78 is 27.2. The molecule has 1 saturated carbocycles. The van der Waals surface area contributed by atoms with Gasteiger partial charge in [-0.2, -0.15) is 4.99 Å². The molecular formula is C22H22F2N2O. The number of nitrogens with zero attached hydrogens (tertiary/aromatic N) is 1. The number of aliphatic imine (C=N–C) groups is 1. The summed E-state index contributed by atoms with van der Waals surface area (Å²) >= 11 is 0. The van der Waals surface area contributed by atoms with Crippen LogP contribution in [0.25, 0.3) is 6.08 Å². The third-order valence-corrected chi connectivity index (χ3v) is 4.87. The van der Waals surface area contributed by atoms with Crippen molar-refractivity contribution in [2.45, 2.75) is 38.0 Å². The smallest absolute Gasteiger partial charge is 0.284 e. The van der Waals surface area contributed by atoms with Crippen molar-refractivity contribution < 1.29 is 13.6 Å². The van der Waals surface area contributed by atoms with Gasteiger partial charge in [0.25, 0.3) is 5.91 Å². The van der Waals surface area contributed by atoms with Crippen molar-refractivity contribution in [1.82, 2.24) is 0 Å². The van der Waals surface area contributed by atoms with E-state index in [2.05, 4.69) is 17.1 Å². The van der Waals surface area contributed by atoms with Crippen LogP contribution in [0.1, 0.15) is 59.5 Å². The minimum Gasteiger partial charge on any atom is -0.384 e. The van der Waals surface area contributed by atoms with Gasteiger partial charge in [0.15, 0.2) is 0 Å². The molecule has 5 heteroatoms. The summed E-state index contributed by atoms with van der Waals surface area (Å²) in [5.74, 6) is -2.44. The first-order valence-corrected chi connectivity index (χ1v) is 9.15.